The summed E-state index contributed by atoms with van der Waals surface area (Å²) < 4.78 is 0. The van der Waals surface area contributed by atoms with Gasteiger partial charge in [-0.25, -0.2) is 0 Å². The Balaban J connectivity index is 1.54. The van der Waals surface area contributed by atoms with Crippen LogP contribution in [0.2, 0.25) is 0 Å². The summed E-state index contributed by atoms with van der Waals surface area (Å²) in [7, 11) is 0. The highest BCUT2D eigenvalue weighted by atomic mass is 16.2. The van der Waals surface area contributed by atoms with Crippen molar-refractivity contribution in [1.29, 1.82) is 0 Å². The molecule has 0 radical (unpaired) electrons. The average Bonchev–Trinajstić information content (AvgIpc) is 2.84. The molecule has 130 valence electrons. The quantitative estimate of drug-likeness (QED) is 0.927. The van der Waals surface area contributed by atoms with Crippen molar-refractivity contribution in [2.45, 2.75) is 38.8 Å². The van der Waals surface area contributed by atoms with E-state index in [1.807, 2.05) is 0 Å². The second-order valence-corrected chi connectivity index (χ2v) is 7.54. The highest BCUT2D eigenvalue weighted by molar-refractivity contribution is 5.79. The first-order chi connectivity index (χ1) is 12.2. The number of carbonyl (C=O) groups excluding carboxylic acids is 1. The minimum atomic E-state index is 0.159. The van der Waals surface area contributed by atoms with Gasteiger partial charge in [0, 0.05) is 25.7 Å². The van der Waals surface area contributed by atoms with E-state index in [4.69, 9.17) is 0 Å². The van der Waals surface area contributed by atoms with Gasteiger partial charge in [0.2, 0.25) is 5.91 Å². The number of benzene rings is 2. The van der Waals surface area contributed by atoms with E-state index >= 15 is 0 Å². The minimum absolute atomic E-state index is 0.159. The van der Waals surface area contributed by atoms with E-state index in [9.17, 15) is 4.79 Å². The number of aryl methyl sites for hydroxylation is 1. The molecule has 2 bridgehead atoms. The van der Waals surface area contributed by atoms with Crippen LogP contribution in [0.15, 0.2) is 48.5 Å². The lowest BCUT2D eigenvalue weighted by Gasteiger charge is -2.27. The van der Waals surface area contributed by atoms with Crippen molar-refractivity contribution in [1.82, 2.24) is 10.2 Å². The van der Waals surface area contributed by atoms with Crippen molar-refractivity contribution in [3.8, 4) is 11.1 Å². The van der Waals surface area contributed by atoms with Crippen molar-refractivity contribution in [2.75, 3.05) is 13.1 Å². The Hall–Kier alpha value is -2.13. The highest BCUT2D eigenvalue weighted by Crippen LogP contribution is 2.26. The van der Waals surface area contributed by atoms with Gasteiger partial charge in [0.1, 0.15) is 0 Å². The van der Waals surface area contributed by atoms with Crippen LogP contribution in [0.5, 0.6) is 0 Å². The lowest BCUT2D eigenvalue weighted by atomic mass is 9.97. The minimum Gasteiger partial charge on any atom is -0.352 e. The first-order valence-corrected chi connectivity index (χ1v) is 9.37. The summed E-state index contributed by atoms with van der Waals surface area (Å²) in [6, 6.07) is 17.7. The van der Waals surface area contributed by atoms with Gasteiger partial charge in [-0.05, 0) is 48.1 Å². The molecule has 25 heavy (non-hydrogen) atoms. The zero-order chi connectivity index (χ0) is 17.2. The van der Waals surface area contributed by atoms with Crippen LogP contribution in [0, 0.1) is 12.8 Å². The summed E-state index contributed by atoms with van der Waals surface area (Å²) in [5, 5.41) is 3.22. The third kappa shape index (κ3) is 3.62. The summed E-state index contributed by atoms with van der Waals surface area (Å²) in [5.74, 6) is 0.422. The van der Waals surface area contributed by atoms with Gasteiger partial charge in [0.25, 0.3) is 0 Å². The van der Waals surface area contributed by atoms with Gasteiger partial charge in [-0.3, -0.25) is 9.69 Å². The Labute approximate surface area is 150 Å². The monoisotopic (exact) mass is 334 g/mol. The fourth-order valence-electron chi connectivity index (χ4n) is 4.26. The lowest BCUT2D eigenvalue weighted by Crippen LogP contribution is -2.38. The zero-order valence-corrected chi connectivity index (χ0v) is 14.9. The Morgan fingerprint density at radius 1 is 1.08 bits per heavy atom. The van der Waals surface area contributed by atoms with Crippen LogP contribution >= 0.6 is 0 Å². The highest BCUT2D eigenvalue weighted by Gasteiger charge is 2.32. The lowest BCUT2D eigenvalue weighted by molar-refractivity contribution is -0.124. The van der Waals surface area contributed by atoms with Crippen LogP contribution in [0.4, 0.5) is 0 Å². The van der Waals surface area contributed by atoms with Crippen LogP contribution in [0.1, 0.15) is 30.4 Å². The molecular formula is C22H26N2O. The van der Waals surface area contributed by atoms with Crippen molar-refractivity contribution in [3.63, 3.8) is 0 Å². The van der Waals surface area contributed by atoms with Crippen molar-refractivity contribution in [2.24, 2.45) is 5.92 Å². The zero-order valence-electron chi connectivity index (χ0n) is 14.9. The van der Waals surface area contributed by atoms with E-state index in [0.717, 1.165) is 32.5 Å². The average molecular weight is 334 g/mol. The maximum atomic E-state index is 12.2. The van der Waals surface area contributed by atoms with Crippen LogP contribution < -0.4 is 5.32 Å². The van der Waals surface area contributed by atoms with E-state index in [2.05, 4.69) is 65.7 Å². The number of nitrogens with one attached hydrogen (secondary N) is 1. The second-order valence-electron chi connectivity index (χ2n) is 7.54. The summed E-state index contributed by atoms with van der Waals surface area (Å²) in [5.41, 5.74) is 5.21. The molecule has 2 aliphatic heterocycles. The van der Waals surface area contributed by atoms with Gasteiger partial charge < -0.3 is 5.32 Å². The molecule has 1 amide bonds. The van der Waals surface area contributed by atoms with Crippen LogP contribution in [0.25, 0.3) is 11.1 Å². The molecule has 4 rings (SSSR count). The molecule has 0 aliphatic carbocycles. The number of hydrogen-bond donors (Lipinski definition) is 1. The molecular weight excluding hydrogens is 308 g/mol. The summed E-state index contributed by atoms with van der Waals surface area (Å²) in [6.07, 6.45) is 3.31. The van der Waals surface area contributed by atoms with Crippen LogP contribution in [0.3, 0.4) is 0 Å². The van der Waals surface area contributed by atoms with Gasteiger partial charge in [0.05, 0.1) is 5.92 Å². The first-order valence-electron chi connectivity index (χ1n) is 9.37. The Bertz CT molecular complexity index is 770. The second kappa shape index (κ2) is 7.01. The Kier molecular flexibility index (Phi) is 4.58. The van der Waals surface area contributed by atoms with E-state index in [-0.39, 0.29) is 11.8 Å². The SMILES string of the molecule is Cc1ccccc1-c1cccc(CN2C[C@@H]3CCC[C@H](C2)C(=O)N3)c1. The first kappa shape index (κ1) is 16.3. The van der Waals surface area contributed by atoms with Gasteiger partial charge in [-0.1, -0.05) is 48.9 Å². The number of fused-ring (bicyclic) bond motifs is 3. The van der Waals surface area contributed by atoms with E-state index in [1.165, 1.54) is 28.7 Å². The van der Waals surface area contributed by atoms with Gasteiger partial charge >= 0.3 is 0 Å². The van der Waals surface area contributed by atoms with E-state index in [0.29, 0.717) is 6.04 Å². The van der Waals surface area contributed by atoms with Crippen molar-refractivity contribution in [3.05, 3.63) is 59.7 Å². The molecule has 2 aromatic carbocycles. The van der Waals surface area contributed by atoms with Gasteiger partial charge in [0.15, 0.2) is 0 Å². The maximum absolute atomic E-state index is 12.2. The molecule has 2 heterocycles. The molecule has 0 unspecified atom stereocenters. The third-order valence-corrected chi connectivity index (χ3v) is 5.57. The number of likely N-dealkylation sites (tertiary alicyclic amines) is 1. The summed E-state index contributed by atoms with van der Waals surface area (Å²) in [4.78, 5) is 14.7. The molecule has 3 nitrogen and oxygen atoms in total. The maximum Gasteiger partial charge on any atom is 0.224 e. The molecule has 0 aromatic heterocycles. The molecule has 2 fully saturated rings. The molecule has 1 N–H and O–H groups in total. The van der Waals surface area contributed by atoms with Crippen molar-refractivity contribution < 1.29 is 4.79 Å². The summed E-state index contributed by atoms with van der Waals surface area (Å²) >= 11 is 0. The number of carbonyl (C=O) groups is 1. The topological polar surface area (TPSA) is 32.3 Å². The predicted octanol–water partition coefficient (Wildman–Crippen LogP) is 3.76. The standard InChI is InChI=1S/C22H26N2O/c1-16-6-2-3-11-21(16)18-8-4-7-17(12-18)13-24-14-19-9-5-10-20(15-24)23-22(19)25/h2-4,6-8,11-12,19-20H,5,9-10,13-15H2,1H3,(H,23,25)/t19-,20+/m1/s1. The largest absolute Gasteiger partial charge is 0.352 e. The van der Waals surface area contributed by atoms with E-state index < -0.39 is 0 Å². The van der Waals surface area contributed by atoms with Crippen LogP contribution in [-0.4, -0.2) is 29.9 Å². The van der Waals surface area contributed by atoms with E-state index in [1.54, 1.807) is 0 Å². The van der Waals surface area contributed by atoms with Gasteiger partial charge in [-0.2, -0.15) is 0 Å². The molecule has 0 spiro atoms. The predicted molar refractivity (Wildman–Crippen MR) is 101 cm³/mol. The molecule has 2 saturated heterocycles. The number of rotatable bonds is 3. The fraction of sp³-hybridized carbons (Fsp3) is 0.409. The smallest absolute Gasteiger partial charge is 0.224 e. The summed E-state index contributed by atoms with van der Waals surface area (Å²) in [6.45, 7) is 4.94. The normalized spacial score (nSPS) is 23.8. The number of nitrogens with zero attached hydrogens (tertiary/aromatic N) is 1. The Morgan fingerprint density at radius 3 is 2.84 bits per heavy atom. The number of amides is 1. The molecule has 3 heteroatoms. The third-order valence-electron chi connectivity index (χ3n) is 5.57. The number of hydrogen-bond acceptors (Lipinski definition) is 2. The molecule has 0 saturated carbocycles. The van der Waals surface area contributed by atoms with Gasteiger partial charge in [-0.15, -0.1) is 0 Å². The molecule has 2 atom stereocenters. The molecule has 2 aliphatic rings. The molecule has 2 aromatic rings. The fourth-order valence-corrected chi connectivity index (χ4v) is 4.26. The van der Waals surface area contributed by atoms with Crippen molar-refractivity contribution >= 4 is 5.91 Å². The van der Waals surface area contributed by atoms with Crippen LogP contribution in [-0.2, 0) is 11.3 Å². The Morgan fingerprint density at radius 2 is 1.96 bits per heavy atom.